The van der Waals surface area contributed by atoms with E-state index in [-0.39, 0.29) is 17.1 Å². The minimum Gasteiger partial charge on any atom is -0.381 e. The van der Waals surface area contributed by atoms with E-state index < -0.39 is 10.0 Å². The molecule has 5 heteroatoms. The topological polar surface area (TPSA) is 69.4 Å². The number of hydrogen-bond donors (Lipinski definition) is 1. The van der Waals surface area contributed by atoms with Gasteiger partial charge >= 0.3 is 0 Å². The van der Waals surface area contributed by atoms with Gasteiger partial charge in [0.15, 0.2) is 0 Å². The molecule has 0 spiro atoms. The highest BCUT2D eigenvalue weighted by Crippen LogP contribution is 2.27. The van der Waals surface area contributed by atoms with Crippen LogP contribution in [0.1, 0.15) is 40.5 Å². The first-order chi connectivity index (χ1) is 7.17. The maximum Gasteiger partial charge on any atom is 0.209 e. The second kappa shape index (κ2) is 6.57. The number of unbranched alkanes of at least 4 members (excludes halogenated alkanes) is 1. The zero-order chi connectivity index (χ0) is 12.8. The number of primary sulfonamides is 1. The third kappa shape index (κ3) is 8.07. The molecule has 0 aromatic carbocycles. The van der Waals surface area contributed by atoms with Gasteiger partial charge in [-0.15, -0.1) is 0 Å². The number of rotatable bonds is 7. The van der Waals surface area contributed by atoms with Gasteiger partial charge in [-0.25, -0.2) is 13.6 Å². The van der Waals surface area contributed by atoms with Crippen LogP contribution in [0.5, 0.6) is 0 Å². The summed E-state index contributed by atoms with van der Waals surface area (Å²) < 4.78 is 27.7. The molecule has 0 aromatic heterocycles. The second-order valence-corrected chi connectivity index (χ2v) is 6.98. The maximum atomic E-state index is 11.1. The molecule has 0 saturated heterocycles. The van der Waals surface area contributed by atoms with Gasteiger partial charge in [0.25, 0.3) is 0 Å². The summed E-state index contributed by atoms with van der Waals surface area (Å²) in [5.74, 6) is -0.0674. The summed E-state index contributed by atoms with van der Waals surface area (Å²) in [7, 11) is -3.43. The monoisotopic (exact) mass is 251 g/mol. The Balaban J connectivity index is 4.24. The number of nitrogens with two attached hydrogens (primary N) is 1. The molecule has 2 N–H and O–H groups in total. The van der Waals surface area contributed by atoms with Gasteiger partial charge < -0.3 is 4.74 Å². The van der Waals surface area contributed by atoms with E-state index >= 15 is 0 Å². The summed E-state index contributed by atoms with van der Waals surface area (Å²) in [6, 6.07) is 0. The molecule has 0 fully saturated rings. The van der Waals surface area contributed by atoms with Crippen molar-refractivity contribution >= 4 is 10.0 Å². The van der Waals surface area contributed by atoms with E-state index in [4.69, 9.17) is 9.88 Å². The van der Waals surface area contributed by atoms with Gasteiger partial charge in [-0.3, -0.25) is 0 Å². The zero-order valence-corrected chi connectivity index (χ0v) is 11.6. The van der Waals surface area contributed by atoms with Crippen LogP contribution in [0.2, 0.25) is 0 Å². The lowest BCUT2D eigenvalue weighted by Gasteiger charge is -2.29. The van der Waals surface area contributed by atoms with Crippen molar-refractivity contribution in [1.82, 2.24) is 0 Å². The highest BCUT2D eigenvalue weighted by Gasteiger charge is 2.28. The first-order valence-electron chi connectivity index (χ1n) is 5.75. The quantitative estimate of drug-likeness (QED) is 0.701. The van der Waals surface area contributed by atoms with Crippen molar-refractivity contribution in [3.63, 3.8) is 0 Å². The molecule has 0 bridgehead atoms. The van der Waals surface area contributed by atoms with Crippen molar-refractivity contribution in [2.45, 2.75) is 40.5 Å². The van der Waals surface area contributed by atoms with Crippen LogP contribution in [-0.2, 0) is 14.8 Å². The molecule has 0 rings (SSSR count). The Morgan fingerprint density at radius 2 is 1.88 bits per heavy atom. The summed E-state index contributed by atoms with van der Waals surface area (Å²) in [5.41, 5.74) is -0.112. The first-order valence-corrected chi connectivity index (χ1v) is 7.46. The lowest BCUT2D eigenvalue weighted by atomic mass is 9.82. The third-order valence-corrected chi connectivity index (χ3v) is 3.49. The average molecular weight is 251 g/mol. The minimum absolute atomic E-state index is 0.0113. The van der Waals surface area contributed by atoms with Crippen LogP contribution in [0.15, 0.2) is 0 Å². The highest BCUT2D eigenvalue weighted by molar-refractivity contribution is 7.89. The largest absolute Gasteiger partial charge is 0.381 e. The molecule has 16 heavy (non-hydrogen) atoms. The van der Waals surface area contributed by atoms with Crippen LogP contribution in [-0.4, -0.2) is 27.4 Å². The van der Waals surface area contributed by atoms with E-state index in [2.05, 4.69) is 6.92 Å². The summed E-state index contributed by atoms with van der Waals surface area (Å²) in [4.78, 5) is 0. The van der Waals surface area contributed by atoms with Crippen molar-refractivity contribution in [3.8, 4) is 0 Å². The molecular weight excluding hydrogens is 226 g/mol. The number of ether oxygens (including phenoxy) is 1. The molecule has 0 heterocycles. The van der Waals surface area contributed by atoms with Crippen LogP contribution in [0.25, 0.3) is 0 Å². The van der Waals surface area contributed by atoms with Crippen LogP contribution in [0, 0.1) is 11.3 Å². The molecule has 0 amide bonds. The molecule has 0 radical (unpaired) electrons. The molecule has 1 atom stereocenters. The summed E-state index contributed by atoms with van der Waals surface area (Å²) in [5, 5.41) is 5.08. The summed E-state index contributed by atoms with van der Waals surface area (Å²) in [6.07, 6.45) is 2.08. The molecule has 98 valence electrons. The van der Waals surface area contributed by atoms with Crippen molar-refractivity contribution in [2.75, 3.05) is 19.0 Å². The first kappa shape index (κ1) is 15.9. The standard InChI is InChI=1S/C11H25NO3S/c1-5-6-7-15-8-10(11(2,3)4)9-16(12,13)14/h10H,5-9H2,1-4H3,(H2,12,13,14). The summed E-state index contributed by atoms with van der Waals surface area (Å²) in [6.45, 7) is 9.26. The smallest absolute Gasteiger partial charge is 0.209 e. The minimum atomic E-state index is -3.43. The Labute approximate surface area is 99.6 Å². The highest BCUT2D eigenvalue weighted by atomic mass is 32.2. The Bertz CT molecular complexity index is 280. The summed E-state index contributed by atoms with van der Waals surface area (Å²) >= 11 is 0. The van der Waals surface area contributed by atoms with Gasteiger partial charge in [0.1, 0.15) is 0 Å². The van der Waals surface area contributed by atoms with E-state index in [1.807, 2.05) is 20.8 Å². The van der Waals surface area contributed by atoms with E-state index in [0.717, 1.165) is 12.8 Å². The molecule has 1 unspecified atom stereocenters. The molecule has 0 aliphatic rings. The van der Waals surface area contributed by atoms with Gasteiger partial charge in [0.2, 0.25) is 10.0 Å². The SMILES string of the molecule is CCCCOCC(CS(N)(=O)=O)C(C)(C)C. The lowest BCUT2D eigenvalue weighted by Crippen LogP contribution is -2.34. The van der Waals surface area contributed by atoms with Crippen molar-refractivity contribution in [2.24, 2.45) is 16.5 Å². The van der Waals surface area contributed by atoms with Gasteiger partial charge in [0.05, 0.1) is 12.4 Å². The number of sulfonamides is 1. The molecular formula is C11H25NO3S. The predicted molar refractivity (Wildman–Crippen MR) is 66.6 cm³/mol. The van der Waals surface area contributed by atoms with Crippen LogP contribution in [0.4, 0.5) is 0 Å². The molecule has 0 saturated carbocycles. The fourth-order valence-electron chi connectivity index (χ4n) is 1.30. The Hall–Kier alpha value is -0.130. The van der Waals surface area contributed by atoms with Crippen molar-refractivity contribution < 1.29 is 13.2 Å². The lowest BCUT2D eigenvalue weighted by molar-refractivity contribution is 0.0637. The van der Waals surface area contributed by atoms with E-state index in [1.54, 1.807) is 0 Å². The second-order valence-electron chi connectivity index (χ2n) is 5.32. The van der Waals surface area contributed by atoms with Gasteiger partial charge in [-0.2, -0.15) is 0 Å². The Kier molecular flexibility index (Phi) is 6.51. The fraction of sp³-hybridized carbons (Fsp3) is 1.00. The Morgan fingerprint density at radius 1 is 1.31 bits per heavy atom. The zero-order valence-electron chi connectivity index (χ0n) is 10.8. The predicted octanol–water partition coefficient (Wildman–Crippen LogP) is 1.75. The fourth-order valence-corrected chi connectivity index (χ4v) is 2.46. The van der Waals surface area contributed by atoms with Gasteiger partial charge in [-0.05, 0) is 11.8 Å². The maximum absolute atomic E-state index is 11.1. The number of hydrogen-bond acceptors (Lipinski definition) is 3. The average Bonchev–Trinajstić information content (AvgIpc) is 2.06. The van der Waals surface area contributed by atoms with Crippen LogP contribution >= 0.6 is 0 Å². The van der Waals surface area contributed by atoms with E-state index in [0.29, 0.717) is 13.2 Å². The molecule has 0 aliphatic heterocycles. The normalized spacial score (nSPS) is 15.1. The van der Waals surface area contributed by atoms with Crippen molar-refractivity contribution in [3.05, 3.63) is 0 Å². The van der Waals surface area contributed by atoms with Gasteiger partial charge in [0, 0.05) is 12.5 Å². The third-order valence-electron chi connectivity index (χ3n) is 2.62. The molecule has 0 aromatic rings. The van der Waals surface area contributed by atoms with Crippen molar-refractivity contribution in [1.29, 1.82) is 0 Å². The van der Waals surface area contributed by atoms with Gasteiger partial charge in [-0.1, -0.05) is 34.1 Å². The molecule has 0 aliphatic carbocycles. The Morgan fingerprint density at radius 3 is 2.25 bits per heavy atom. The van der Waals surface area contributed by atoms with Crippen LogP contribution < -0.4 is 5.14 Å². The van der Waals surface area contributed by atoms with E-state index in [9.17, 15) is 8.42 Å². The van der Waals surface area contributed by atoms with E-state index in [1.165, 1.54) is 0 Å². The molecule has 4 nitrogen and oxygen atoms in total. The van der Waals surface area contributed by atoms with Crippen LogP contribution in [0.3, 0.4) is 0 Å².